The Balaban J connectivity index is 2.50. The molecule has 1 aliphatic heterocycles. The van der Waals surface area contributed by atoms with Crippen molar-refractivity contribution in [1.82, 2.24) is 0 Å². The van der Waals surface area contributed by atoms with Crippen LogP contribution in [0.3, 0.4) is 0 Å². The van der Waals surface area contributed by atoms with Crippen LogP contribution in [0.2, 0.25) is 0 Å². The van der Waals surface area contributed by atoms with Gasteiger partial charge in [0, 0.05) is 11.8 Å². The highest BCUT2D eigenvalue weighted by atomic mass is 32.1. The van der Waals surface area contributed by atoms with Gasteiger partial charge in [-0.3, -0.25) is 0 Å². The van der Waals surface area contributed by atoms with Gasteiger partial charge in [0.15, 0.2) is 0 Å². The third-order valence-electron chi connectivity index (χ3n) is 1.31. The van der Waals surface area contributed by atoms with Gasteiger partial charge in [0.2, 0.25) is 0 Å². The smallest absolute Gasteiger partial charge is 0.100 e. The zero-order valence-corrected chi connectivity index (χ0v) is 6.11. The quantitative estimate of drug-likeness (QED) is 0.595. The summed E-state index contributed by atoms with van der Waals surface area (Å²) in [6, 6.07) is 2.05. The highest BCUT2D eigenvalue weighted by Crippen LogP contribution is 2.24. The average Bonchev–Trinajstić information content (AvgIpc) is 2.28. The van der Waals surface area contributed by atoms with Crippen molar-refractivity contribution < 1.29 is 0 Å². The van der Waals surface area contributed by atoms with Gasteiger partial charge in [-0.2, -0.15) is 0 Å². The SMILES string of the molecule is [C]1=CC=CNc2sccc21. The maximum atomic E-state index is 3.15. The van der Waals surface area contributed by atoms with Crippen molar-refractivity contribution in [2.75, 3.05) is 5.32 Å². The van der Waals surface area contributed by atoms with E-state index in [0.717, 1.165) is 5.56 Å². The van der Waals surface area contributed by atoms with Crippen molar-refractivity contribution in [2.24, 2.45) is 0 Å². The molecule has 0 amide bonds. The van der Waals surface area contributed by atoms with Crippen LogP contribution in [0.25, 0.3) is 0 Å². The molecule has 2 heteroatoms. The first-order valence-electron chi connectivity index (χ1n) is 3.06. The lowest BCUT2D eigenvalue weighted by atomic mass is 10.3. The Hall–Kier alpha value is -1.02. The highest BCUT2D eigenvalue weighted by Gasteiger charge is 1.99. The molecule has 0 spiro atoms. The average molecular weight is 148 g/mol. The van der Waals surface area contributed by atoms with E-state index in [1.54, 1.807) is 11.3 Å². The second-order valence-electron chi connectivity index (χ2n) is 1.98. The largest absolute Gasteiger partial charge is 0.353 e. The molecule has 1 aromatic heterocycles. The topological polar surface area (TPSA) is 12.0 Å². The van der Waals surface area contributed by atoms with Gasteiger partial charge < -0.3 is 5.32 Å². The van der Waals surface area contributed by atoms with Crippen LogP contribution in [-0.4, -0.2) is 0 Å². The van der Waals surface area contributed by atoms with Crippen LogP contribution >= 0.6 is 11.3 Å². The molecule has 0 saturated heterocycles. The first kappa shape index (κ1) is 5.74. The van der Waals surface area contributed by atoms with Crippen LogP contribution in [0.5, 0.6) is 0 Å². The number of rotatable bonds is 0. The van der Waals surface area contributed by atoms with Gasteiger partial charge in [-0.15, -0.1) is 11.3 Å². The lowest BCUT2D eigenvalue weighted by Crippen LogP contribution is -1.82. The fraction of sp³-hybridized carbons (Fsp3) is 0. The summed E-state index contributed by atoms with van der Waals surface area (Å²) in [5.74, 6) is 0. The van der Waals surface area contributed by atoms with Crippen molar-refractivity contribution in [1.29, 1.82) is 0 Å². The summed E-state index contributed by atoms with van der Waals surface area (Å²) in [5, 5.41) is 6.37. The molecule has 10 heavy (non-hydrogen) atoms. The van der Waals surface area contributed by atoms with Gasteiger partial charge in [0.25, 0.3) is 0 Å². The third kappa shape index (κ3) is 0.866. The highest BCUT2D eigenvalue weighted by molar-refractivity contribution is 7.14. The Morgan fingerprint density at radius 3 is 3.50 bits per heavy atom. The van der Waals surface area contributed by atoms with Gasteiger partial charge in [0.05, 0.1) is 0 Å². The maximum absolute atomic E-state index is 3.15. The molecule has 2 rings (SSSR count). The van der Waals surface area contributed by atoms with E-state index in [2.05, 4.69) is 22.8 Å². The van der Waals surface area contributed by atoms with Gasteiger partial charge in [-0.25, -0.2) is 0 Å². The van der Waals surface area contributed by atoms with E-state index in [4.69, 9.17) is 0 Å². The summed E-state index contributed by atoms with van der Waals surface area (Å²) in [6.45, 7) is 0. The lowest BCUT2D eigenvalue weighted by Gasteiger charge is -1.93. The molecule has 1 N–H and O–H groups in total. The molecule has 0 saturated carbocycles. The standard InChI is InChI=1S/C8H6NS/c1-2-5-9-8-7(3-1)4-6-10-8/h1-2,4-6,9H. The molecule has 0 aliphatic carbocycles. The zero-order valence-electron chi connectivity index (χ0n) is 5.29. The molecule has 1 nitrogen and oxygen atoms in total. The van der Waals surface area contributed by atoms with E-state index in [1.165, 1.54) is 5.00 Å². The van der Waals surface area contributed by atoms with Gasteiger partial charge in [0.1, 0.15) is 5.00 Å². The Morgan fingerprint density at radius 1 is 1.50 bits per heavy atom. The number of anilines is 1. The fourth-order valence-corrected chi connectivity index (χ4v) is 1.57. The second kappa shape index (κ2) is 2.31. The molecular weight excluding hydrogens is 142 g/mol. The molecule has 1 radical (unpaired) electrons. The minimum atomic E-state index is 1.15. The van der Waals surface area contributed by atoms with Crippen LogP contribution in [-0.2, 0) is 0 Å². The first-order valence-corrected chi connectivity index (χ1v) is 3.94. The van der Waals surface area contributed by atoms with Crippen LogP contribution < -0.4 is 5.32 Å². The number of hydrogen-bond acceptors (Lipinski definition) is 2. The Bertz CT molecular complexity index is 283. The Kier molecular flexibility index (Phi) is 1.32. The third-order valence-corrected chi connectivity index (χ3v) is 2.16. The van der Waals surface area contributed by atoms with Crippen molar-refractivity contribution in [2.45, 2.75) is 0 Å². The summed E-state index contributed by atoms with van der Waals surface area (Å²) in [4.78, 5) is 0. The van der Waals surface area contributed by atoms with Crippen LogP contribution in [0.1, 0.15) is 5.56 Å². The lowest BCUT2D eigenvalue weighted by molar-refractivity contribution is 1.65. The summed E-state index contributed by atoms with van der Waals surface area (Å²) >= 11 is 1.69. The predicted octanol–water partition coefficient (Wildman–Crippen LogP) is 2.39. The predicted molar refractivity (Wildman–Crippen MR) is 44.0 cm³/mol. The van der Waals surface area contributed by atoms with E-state index in [-0.39, 0.29) is 0 Å². The van der Waals surface area contributed by atoms with Crippen LogP contribution in [0.15, 0.2) is 29.8 Å². The van der Waals surface area contributed by atoms with Crippen molar-refractivity contribution in [3.63, 3.8) is 0 Å². The molecule has 1 aliphatic rings. The van der Waals surface area contributed by atoms with Gasteiger partial charge in [-0.1, -0.05) is 6.08 Å². The van der Waals surface area contributed by atoms with E-state index in [1.807, 2.05) is 18.4 Å². The Morgan fingerprint density at radius 2 is 2.50 bits per heavy atom. The van der Waals surface area contributed by atoms with Crippen molar-refractivity contribution >= 4 is 16.3 Å². The molecule has 1 aromatic rings. The molecule has 0 atom stereocenters. The molecule has 0 unspecified atom stereocenters. The molecule has 0 bridgehead atoms. The van der Waals surface area contributed by atoms with Crippen molar-refractivity contribution in [3.05, 3.63) is 41.4 Å². The van der Waals surface area contributed by atoms with E-state index in [0.29, 0.717) is 0 Å². The number of fused-ring (bicyclic) bond motifs is 1. The molecule has 2 heterocycles. The van der Waals surface area contributed by atoms with Gasteiger partial charge >= 0.3 is 0 Å². The molecular formula is C8H6NS. The minimum absolute atomic E-state index is 1.15. The number of thiophene rings is 1. The van der Waals surface area contributed by atoms with E-state index in [9.17, 15) is 0 Å². The summed E-state index contributed by atoms with van der Waals surface area (Å²) in [5.41, 5.74) is 1.15. The number of hydrogen-bond donors (Lipinski definition) is 1. The molecule has 0 aromatic carbocycles. The summed E-state index contributed by atoms with van der Waals surface area (Å²) < 4.78 is 0. The van der Waals surface area contributed by atoms with Crippen LogP contribution in [0.4, 0.5) is 5.00 Å². The Labute approximate surface area is 63.7 Å². The summed E-state index contributed by atoms with van der Waals surface area (Å²) in [7, 11) is 0. The van der Waals surface area contributed by atoms with Crippen molar-refractivity contribution in [3.8, 4) is 0 Å². The van der Waals surface area contributed by atoms with E-state index < -0.39 is 0 Å². The molecule has 0 fully saturated rings. The van der Waals surface area contributed by atoms with Crippen LogP contribution in [0, 0.1) is 6.08 Å². The maximum Gasteiger partial charge on any atom is 0.100 e. The number of allylic oxidation sites excluding steroid dienone is 2. The minimum Gasteiger partial charge on any atom is -0.353 e. The number of nitrogens with one attached hydrogen (secondary N) is 1. The monoisotopic (exact) mass is 148 g/mol. The molecule has 49 valence electrons. The summed E-state index contributed by atoms with van der Waals surface area (Å²) in [6.07, 6.45) is 8.90. The van der Waals surface area contributed by atoms with E-state index >= 15 is 0 Å². The second-order valence-corrected chi connectivity index (χ2v) is 2.89. The van der Waals surface area contributed by atoms with Gasteiger partial charge in [-0.05, 0) is 23.6 Å². The first-order chi connectivity index (χ1) is 4.97. The normalized spacial score (nSPS) is 14.0. The fourth-order valence-electron chi connectivity index (χ4n) is 0.845. The zero-order chi connectivity index (χ0) is 6.81.